The van der Waals surface area contributed by atoms with E-state index in [2.05, 4.69) is 26.1 Å². The highest BCUT2D eigenvalue weighted by Gasteiger charge is 2.27. The number of carbonyl (C=O) groups excluding carboxylic acids is 2. The van der Waals surface area contributed by atoms with Gasteiger partial charge < -0.3 is 15.1 Å². The van der Waals surface area contributed by atoms with E-state index in [0.717, 1.165) is 5.56 Å². The maximum Gasteiger partial charge on any atom is 0.251 e. The first kappa shape index (κ1) is 21.8. The van der Waals surface area contributed by atoms with Crippen LogP contribution in [0.1, 0.15) is 43.6 Å². The van der Waals surface area contributed by atoms with E-state index in [1.807, 2.05) is 23.1 Å². The Bertz CT molecular complexity index is 897. The first-order valence-corrected chi connectivity index (χ1v) is 10.4. The summed E-state index contributed by atoms with van der Waals surface area (Å²) in [5.74, 6) is -0.639. The van der Waals surface area contributed by atoms with Crippen molar-refractivity contribution >= 4 is 17.5 Å². The third-order valence-corrected chi connectivity index (χ3v) is 5.52. The largest absolute Gasteiger partial charge is 0.366 e. The van der Waals surface area contributed by atoms with Crippen molar-refractivity contribution in [1.29, 1.82) is 0 Å². The molecule has 3 rings (SSSR count). The summed E-state index contributed by atoms with van der Waals surface area (Å²) in [4.78, 5) is 29.0. The second-order valence-electron chi connectivity index (χ2n) is 8.79. The molecule has 0 aliphatic carbocycles. The normalized spacial score (nSPS) is 15.6. The lowest BCUT2D eigenvalue weighted by molar-refractivity contribution is -0.133. The van der Waals surface area contributed by atoms with Crippen LogP contribution in [-0.2, 0) is 10.2 Å². The van der Waals surface area contributed by atoms with Crippen LogP contribution in [0.15, 0.2) is 48.5 Å². The molecule has 1 aliphatic heterocycles. The summed E-state index contributed by atoms with van der Waals surface area (Å²) in [6, 6.07) is 13.5. The Morgan fingerprint density at radius 1 is 0.967 bits per heavy atom. The summed E-state index contributed by atoms with van der Waals surface area (Å²) in [5, 5.41) is 2.80. The average molecular weight is 412 g/mol. The number of nitrogens with one attached hydrogen (secondary N) is 1. The van der Waals surface area contributed by atoms with E-state index in [0.29, 0.717) is 37.4 Å². The van der Waals surface area contributed by atoms with Gasteiger partial charge in [0, 0.05) is 31.7 Å². The molecule has 1 saturated heterocycles. The van der Waals surface area contributed by atoms with Gasteiger partial charge in [0.15, 0.2) is 0 Å². The number of halogens is 1. The smallest absolute Gasteiger partial charge is 0.251 e. The van der Waals surface area contributed by atoms with Crippen molar-refractivity contribution in [3.63, 3.8) is 0 Å². The second-order valence-corrected chi connectivity index (χ2v) is 8.79. The van der Waals surface area contributed by atoms with Gasteiger partial charge in [-0.2, -0.15) is 0 Å². The zero-order valence-corrected chi connectivity index (χ0v) is 18.1. The monoisotopic (exact) mass is 411 g/mol. The molecule has 5 nitrogen and oxygen atoms in total. The molecule has 30 heavy (non-hydrogen) atoms. The van der Waals surface area contributed by atoms with Gasteiger partial charge in [-0.1, -0.05) is 45.0 Å². The van der Waals surface area contributed by atoms with E-state index in [4.69, 9.17) is 0 Å². The fraction of sp³-hybridized carbons (Fsp3) is 0.417. The summed E-state index contributed by atoms with van der Waals surface area (Å²) in [5.41, 5.74) is 2.26. The molecular formula is C24H30FN3O2. The Kier molecular flexibility index (Phi) is 6.44. The van der Waals surface area contributed by atoms with Crippen molar-refractivity contribution in [2.75, 3.05) is 31.1 Å². The minimum Gasteiger partial charge on any atom is -0.366 e. The van der Waals surface area contributed by atoms with Crippen LogP contribution in [0, 0.1) is 5.82 Å². The molecule has 1 N–H and O–H groups in total. The molecule has 2 amide bonds. The molecule has 0 bridgehead atoms. The number of amides is 2. The Balaban J connectivity index is 1.55. The van der Waals surface area contributed by atoms with Crippen LogP contribution in [0.2, 0.25) is 0 Å². The Labute approximate surface area is 177 Å². The highest BCUT2D eigenvalue weighted by atomic mass is 19.1. The summed E-state index contributed by atoms with van der Waals surface area (Å²) in [6.07, 6.45) is 0. The summed E-state index contributed by atoms with van der Waals surface area (Å²) in [7, 11) is 0. The standard InChI is InChI=1S/C24H30FN3O2/c1-17(26-22(29)18-9-11-19(12-10-18)24(2,3)4)23(30)28-15-13-27(14-16-28)21-8-6-5-7-20(21)25/h5-12,17H,13-16H2,1-4H3,(H,26,29)/t17-/m0/s1. The van der Waals surface area contributed by atoms with Gasteiger partial charge in [-0.25, -0.2) is 4.39 Å². The number of piperazine rings is 1. The van der Waals surface area contributed by atoms with E-state index >= 15 is 0 Å². The van der Waals surface area contributed by atoms with Gasteiger partial charge in [0.05, 0.1) is 5.69 Å². The summed E-state index contributed by atoms with van der Waals surface area (Å²) < 4.78 is 14.0. The maximum atomic E-state index is 14.0. The highest BCUT2D eigenvalue weighted by molar-refractivity contribution is 5.97. The van der Waals surface area contributed by atoms with Crippen molar-refractivity contribution in [2.45, 2.75) is 39.2 Å². The van der Waals surface area contributed by atoms with Crippen LogP contribution in [0.3, 0.4) is 0 Å². The van der Waals surface area contributed by atoms with Crippen LogP contribution < -0.4 is 10.2 Å². The molecule has 6 heteroatoms. The molecule has 1 fully saturated rings. The van der Waals surface area contributed by atoms with Gasteiger partial charge in [0.25, 0.3) is 5.91 Å². The third-order valence-electron chi connectivity index (χ3n) is 5.52. The minimum absolute atomic E-state index is 0.0169. The molecule has 1 atom stereocenters. The molecular weight excluding hydrogens is 381 g/mol. The average Bonchev–Trinajstić information content (AvgIpc) is 2.73. The van der Waals surface area contributed by atoms with E-state index in [-0.39, 0.29) is 23.0 Å². The van der Waals surface area contributed by atoms with E-state index in [1.165, 1.54) is 6.07 Å². The van der Waals surface area contributed by atoms with Gasteiger partial charge in [-0.3, -0.25) is 9.59 Å². The number of carbonyl (C=O) groups is 2. The number of hydrogen-bond donors (Lipinski definition) is 1. The number of para-hydroxylation sites is 1. The van der Waals surface area contributed by atoms with Crippen LogP contribution >= 0.6 is 0 Å². The first-order valence-electron chi connectivity index (χ1n) is 10.4. The van der Waals surface area contributed by atoms with Gasteiger partial charge >= 0.3 is 0 Å². The molecule has 160 valence electrons. The van der Waals surface area contributed by atoms with E-state index in [1.54, 1.807) is 36.1 Å². The molecule has 1 heterocycles. The molecule has 0 radical (unpaired) electrons. The number of hydrogen-bond acceptors (Lipinski definition) is 3. The zero-order chi connectivity index (χ0) is 21.9. The number of benzene rings is 2. The summed E-state index contributed by atoms with van der Waals surface area (Å²) >= 11 is 0. The fourth-order valence-corrected chi connectivity index (χ4v) is 3.61. The Morgan fingerprint density at radius 3 is 2.13 bits per heavy atom. The molecule has 0 spiro atoms. The molecule has 1 aliphatic rings. The van der Waals surface area contributed by atoms with Crippen molar-refractivity contribution in [3.05, 3.63) is 65.5 Å². The van der Waals surface area contributed by atoms with Crippen LogP contribution in [0.4, 0.5) is 10.1 Å². The van der Waals surface area contributed by atoms with Crippen molar-refractivity contribution in [1.82, 2.24) is 10.2 Å². The van der Waals surface area contributed by atoms with Crippen molar-refractivity contribution in [3.8, 4) is 0 Å². The quantitative estimate of drug-likeness (QED) is 0.837. The van der Waals surface area contributed by atoms with Gasteiger partial charge in [-0.15, -0.1) is 0 Å². The Morgan fingerprint density at radius 2 is 1.57 bits per heavy atom. The lowest BCUT2D eigenvalue weighted by Crippen LogP contribution is -2.54. The second kappa shape index (κ2) is 8.86. The van der Waals surface area contributed by atoms with Gasteiger partial charge in [-0.05, 0) is 42.2 Å². The zero-order valence-electron chi connectivity index (χ0n) is 18.1. The van der Waals surface area contributed by atoms with Crippen LogP contribution in [0.25, 0.3) is 0 Å². The minimum atomic E-state index is -0.625. The number of rotatable bonds is 4. The molecule has 2 aromatic carbocycles. The van der Waals surface area contributed by atoms with Gasteiger partial charge in [0.1, 0.15) is 11.9 Å². The van der Waals surface area contributed by atoms with Crippen LogP contribution in [0.5, 0.6) is 0 Å². The number of nitrogens with zero attached hydrogens (tertiary/aromatic N) is 2. The molecule has 0 unspecified atom stereocenters. The fourth-order valence-electron chi connectivity index (χ4n) is 3.61. The third kappa shape index (κ3) is 4.99. The Hall–Kier alpha value is -2.89. The predicted octanol–water partition coefficient (Wildman–Crippen LogP) is 3.59. The lowest BCUT2D eigenvalue weighted by atomic mass is 9.86. The number of anilines is 1. The van der Waals surface area contributed by atoms with E-state index in [9.17, 15) is 14.0 Å². The van der Waals surface area contributed by atoms with Crippen molar-refractivity contribution < 1.29 is 14.0 Å². The topological polar surface area (TPSA) is 52.7 Å². The SMILES string of the molecule is C[C@H](NC(=O)c1ccc(C(C)(C)C)cc1)C(=O)N1CCN(c2ccccc2F)CC1. The molecule has 0 saturated carbocycles. The highest BCUT2D eigenvalue weighted by Crippen LogP contribution is 2.22. The molecule has 2 aromatic rings. The lowest BCUT2D eigenvalue weighted by Gasteiger charge is -2.37. The van der Waals surface area contributed by atoms with Gasteiger partial charge in [0.2, 0.25) is 5.91 Å². The summed E-state index contributed by atoms with van der Waals surface area (Å²) in [6.45, 7) is 10.2. The maximum absolute atomic E-state index is 14.0. The van der Waals surface area contributed by atoms with E-state index < -0.39 is 6.04 Å². The van der Waals surface area contributed by atoms with Crippen LogP contribution in [-0.4, -0.2) is 48.9 Å². The first-order chi connectivity index (χ1) is 14.2. The van der Waals surface area contributed by atoms with Crippen molar-refractivity contribution in [2.24, 2.45) is 0 Å². The predicted molar refractivity (Wildman–Crippen MR) is 117 cm³/mol. The molecule has 0 aromatic heterocycles.